The van der Waals surface area contributed by atoms with Crippen molar-refractivity contribution >= 4 is 29.3 Å². The number of benzene rings is 3. The number of fused-ring (bicyclic) bond motifs is 1. The van der Waals surface area contributed by atoms with Crippen LogP contribution in [0.2, 0.25) is 0 Å². The Morgan fingerprint density at radius 3 is 2.58 bits per heavy atom. The zero-order chi connectivity index (χ0) is 21.8. The molecule has 0 unspecified atom stereocenters. The Kier molecular flexibility index (Phi) is 6.37. The molecule has 31 heavy (non-hydrogen) atoms. The van der Waals surface area contributed by atoms with Crippen molar-refractivity contribution in [3.05, 3.63) is 89.2 Å². The number of hydrogen-bond donors (Lipinski definition) is 2. The van der Waals surface area contributed by atoms with Crippen molar-refractivity contribution in [3.63, 3.8) is 0 Å². The van der Waals surface area contributed by atoms with Crippen molar-refractivity contribution in [2.45, 2.75) is 42.0 Å². The van der Waals surface area contributed by atoms with E-state index in [0.717, 1.165) is 29.1 Å². The van der Waals surface area contributed by atoms with Crippen molar-refractivity contribution in [3.8, 4) is 0 Å². The first-order valence-corrected chi connectivity index (χ1v) is 11.0. The van der Waals surface area contributed by atoms with Gasteiger partial charge in [0.1, 0.15) is 5.82 Å². The molecule has 1 atom stereocenters. The van der Waals surface area contributed by atoms with Crippen LogP contribution in [0.4, 0.5) is 10.1 Å². The third kappa shape index (κ3) is 5.14. The van der Waals surface area contributed by atoms with E-state index in [1.165, 1.54) is 41.9 Å². The van der Waals surface area contributed by atoms with Crippen LogP contribution >= 0.6 is 11.8 Å². The number of carbonyl (C=O) groups is 2. The van der Waals surface area contributed by atoms with Gasteiger partial charge in [-0.05, 0) is 72.9 Å². The van der Waals surface area contributed by atoms with Crippen LogP contribution in [0, 0.1) is 5.82 Å². The predicted molar refractivity (Wildman–Crippen MR) is 121 cm³/mol. The Morgan fingerprint density at radius 1 is 1.03 bits per heavy atom. The summed E-state index contributed by atoms with van der Waals surface area (Å²) >= 11 is 1.40. The van der Waals surface area contributed by atoms with Gasteiger partial charge in [-0.2, -0.15) is 0 Å². The maximum Gasteiger partial charge on any atom is 0.251 e. The molecule has 0 spiro atoms. The van der Waals surface area contributed by atoms with Crippen LogP contribution in [0.15, 0.2) is 76.5 Å². The number of aryl methyl sites for hydroxylation is 1. The second-order valence-electron chi connectivity index (χ2n) is 7.57. The fourth-order valence-corrected chi connectivity index (χ4v) is 4.70. The number of anilines is 1. The van der Waals surface area contributed by atoms with Crippen LogP contribution < -0.4 is 10.6 Å². The number of amides is 2. The van der Waals surface area contributed by atoms with E-state index < -0.39 is 0 Å². The molecule has 0 aromatic heterocycles. The maximum absolute atomic E-state index is 13.2. The van der Waals surface area contributed by atoms with Gasteiger partial charge in [0.05, 0.1) is 11.7 Å². The molecule has 4 nitrogen and oxygen atoms in total. The largest absolute Gasteiger partial charge is 0.345 e. The summed E-state index contributed by atoms with van der Waals surface area (Å²) in [5.41, 5.74) is 3.49. The first-order valence-electron chi connectivity index (χ1n) is 10.2. The normalized spacial score (nSPS) is 15.1. The smallest absolute Gasteiger partial charge is 0.251 e. The Balaban J connectivity index is 1.56. The van der Waals surface area contributed by atoms with Crippen molar-refractivity contribution in [1.82, 2.24) is 5.32 Å². The molecule has 0 heterocycles. The second kappa shape index (κ2) is 9.35. The number of nitrogens with one attached hydrogen (secondary N) is 2. The molecule has 2 N–H and O–H groups in total. The molecule has 0 bridgehead atoms. The molecule has 0 fully saturated rings. The van der Waals surface area contributed by atoms with E-state index in [1.54, 1.807) is 24.3 Å². The van der Waals surface area contributed by atoms with Crippen LogP contribution in [0.5, 0.6) is 0 Å². The molecule has 2 amide bonds. The molecule has 4 rings (SSSR count). The van der Waals surface area contributed by atoms with Gasteiger partial charge in [-0.25, -0.2) is 4.39 Å². The lowest BCUT2D eigenvalue weighted by molar-refractivity contribution is -0.114. The summed E-state index contributed by atoms with van der Waals surface area (Å²) in [6.07, 6.45) is 2.97. The Labute approximate surface area is 185 Å². The maximum atomic E-state index is 13.2. The summed E-state index contributed by atoms with van der Waals surface area (Å²) in [6, 6.07) is 19.6. The highest BCUT2D eigenvalue weighted by Crippen LogP contribution is 2.35. The number of hydrogen-bond acceptors (Lipinski definition) is 3. The average molecular weight is 435 g/mol. The van der Waals surface area contributed by atoms with E-state index in [0.29, 0.717) is 11.3 Å². The quantitative estimate of drug-likeness (QED) is 0.538. The highest BCUT2D eigenvalue weighted by molar-refractivity contribution is 7.99. The van der Waals surface area contributed by atoms with Gasteiger partial charge in [0.25, 0.3) is 5.91 Å². The molecule has 1 aliphatic carbocycles. The lowest BCUT2D eigenvalue weighted by atomic mass is 9.87. The van der Waals surface area contributed by atoms with Crippen molar-refractivity contribution in [2.24, 2.45) is 0 Å². The molecule has 0 saturated carbocycles. The van der Waals surface area contributed by atoms with Gasteiger partial charge in [-0.1, -0.05) is 36.0 Å². The van der Waals surface area contributed by atoms with Gasteiger partial charge in [-0.3, -0.25) is 9.59 Å². The highest BCUT2D eigenvalue weighted by atomic mass is 32.2. The van der Waals surface area contributed by atoms with Crippen LogP contribution in [-0.4, -0.2) is 11.8 Å². The van der Waals surface area contributed by atoms with Crippen molar-refractivity contribution in [1.29, 1.82) is 0 Å². The minimum atomic E-state index is -0.303. The summed E-state index contributed by atoms with van der Waals surface area (Å²) in [7, 11) is 0. The van der Waals surface area contributed by atoms with Gasteiger partial charge >= 0.3 is 0 Å². The minimum Gasteiger partial charge on any atom is -0.345 e. The van der Waals surface area contributed by atoms with Gasteiger partial charge in [0.2, 0.25) is 5.91 Å². The van der Waals surface area contributed by atoms with Crippen molar-refractivity contribution in [2.75, 3.05) is 5.32 Å². The van der Waals surface area contributed by atoms with Crippen LogP contribution in [-0.2, 0) is 11.2 Å². The molecule has 0 aliphatic heterocycles. The van der Waals surface area contributed by atoms with Crippen molar-refractivity contribution < 1.29 is 14.0 Å². The lowest BCUT2D eigenvalue weighted by Crippen LogP contribution is -2.31. The molecule has 0 radical (unpaired) electrons. The lowest BCUT2D eigenvalue weighted by Gasteiger charge is -2.26. The number of carbonyl (C=O) groups excluding carboxylic acids is 2. The second-order valence-corrected chi connectivity index (χ2v) is 8.68. The SMILES string of the molecule is CC(=O)Nc1cc(C(=O)N[C@@H]2CCCc3ccccc32)ccc1Sc1ccc(F)cc1. The molecular weight excluding hydrogens is 411 g/mol. The first kappa shape index (κ1) is 21.1. The Hall–Kier alpha value is -3.12. The fourth-order valence-electron chi connectivity index (χ4n) is 3.82. The molecule has 0 saturated heterocycles. The van der Waals surface area contributed by atoms with E-state index in [2.05, 4.69) is 22.8 Å². The zero-order valence-electron chi connectivity index (χ0n) is 17.2. The summed E-state index contributed by atoms with van der Waals surface area (Å²) < 4.78 is 13.2. The van der Waals surface area contributed by atoms with Crippen LogP contribution in [0.3, 0.4) is 0 Å². The molecule has 3 aromatic rings. The third-order valence-corrected chi connectivity index (χ3v) is 6.35. The fraction of sp³-hybridized carbons (Fsp3) is 0.200. The molecule has 158 valence electrons. The van der Waals surface area contributed by atoms with E-state index >= 15 is 0 Å². The molecule has 1 aliphatic rings. The standard InChI is InChI=1S/C25H23FN2O2S/c1-16(29)27-23-15-18(9-14-24(23)31-20-12-10-19(26)11-13-20)25(30)28-22-8-4-6-17-5-2-3-7-21(17)22/h2-3,5,7,9-15,22H,4,6,8H2,1H3,(H,27,29)(H,28,30)/t22-/m1/s1. The number of rotatable bonds is 5. The zero-order valence-corrected chi connectivity index (χ0v) is 18.0. The van der Waals surface area contributed by atoms with E-state index in [1.807, 2.05) is 18.2 Å². The topological polar surface area (TPSA) is 58.2 Å². The third-order valence-electron chi connectivity index (χ3n) is 5.27. The van der Waals surface area contributed by atoms with Crippen LogP contribution in [0.25, 0.3) is 0 Å². The summed E-state index contributed by atoms with van der Waals surface area (Å²) in [4.78, 5) is 26.3. The van der Waals surface area contributed by atoms with Gasteiger partial charge in [-0.15, -0.1) is 0 Å². The minimum absolute atomic E-state index is 0.0186. The van der Waals surface area contributed by atoms with Gasteiger partial charge < -0.3 is 10.6 Å². The highest BCUT2D eigenvalue weighted by Gasteiger charge is 2.22. The number of halogens is 1. The summed E-state index contributed by atoms with van der Waals surface area (Å²) in [5, 5.41) is 5.95. The molecular formula is C25H23FN2O2S. The molecule has 6 heteroatoms. The van der Waals surface area contributed by atoms with E-state index in [9.17, 15) is 14.0 Å². The van der Waals surface area contributed by atoms with Crippen LogP contribution in [0.1, 0.15) is 47.3 Å². The Morgan fingerprint density at radius 2 is 1.81 bits per heavy atom. The van der Waals surface area contributed by atoms with E-state index in [-0.39, 0.29) is 23.7 Å². The predicted octanol–water partition coefficient (Wildman–Crippen LogP) is 5.74. The van der Waals surface area contributed by atoms with E-state index in [4.69, 9.17) is 0 Å². The Bertz CT molecular complexity index is 1110. The average Bonchev–Trinajstić information content (AvgIpc) is 2.76. The summed E-state index contributed by atoms with van der Waals surface area (Å²) in [6.45, 7) is 1.43. The summed E-state index contributed by atoms with van der Waals surface area (Å²) in [5.74, 6) is -0.700. The monoisotopic (exact) mass is 434 g/mol. The molecule has 3 aromatic carbocycles. The van der Waals surface area contributed by atoms with Gasteiger partial charge in [0, 0.05) is 22.3 Å². The van der Waals surface area contributed by atoms with Gasteiger partial charge in [0.15, 0.2) is 0 Å². The first-order chi connectivity index (χ1) is 15.0.